The molecule has 0 bridgehead atoms. The number of nitrogens with one attached hydrogen (secondary N) is 2. The Kier molecular flexibility index (Phi) is 6.65. The Balaban J connectivity index is 2.88. The van der Waals surface area contributed by atoms with Crippen molar-refractivity contribution in [2.24, 2.45) is 5.84 Å². The van der Waals surface area contributed by atoms with Gasteiger partial charge in [0.1, 0.15) is 0 Å². The van der Waals surface area contributed by atoms with Crippen LogP contribution in [0.25, 0.3) is 0 Å². The van der Waals surface area contributed by atoms with E-state index in [-0.39, 0.29) is 0 Å². The van der Waals surface area contributed by atoms with E-state index >= 15 is 0 Å². The summed E-state index contributed by atoms with van der Waals surface area (Å²) in [5.41, 5.74) is 2.48. The molecule has 0 saturated heterocycles. The molecule has 1 aromatic rings. The maximum Gasteiger partial charge on any atom is 0.243 e. The van der Waals surface area contributed by atoms with Gasteiger partial charge in [-0.05, 0) is 20.1 Å². The van der Waals surface area contributed by atoms with E-state index in [2.05, 4.69) is 52.7 Å². The number of aromatic nitrogens is 3. The molecule has 19 heavy (non-hydrogen) atoms. The van der Waals surface area contributed by atoms with Crippen molar-refractivity contribution in [1.29, 1.82) is 0 Å². The smallest absolute Gasteiger partial charge is 0.243 e. The lowest BCUT2D eigenvalue weighted by molar-refractivity contribution is 0.811. The van der Waals surface area contributed by atoms with Crippen molar-refractivity contribution in [3.8, 4) is 0 Å². The maximum atomic E-state index is 5.40. The summed E-state index contributed by atoms with van der Waals surface area (Å²) in [5, 5.41) is 3.70. The fraction of sp³-hybridized carbons (Fsp3) is 0.727. The van der Waals surface area contributed by atoms with E-state index < -0.39 is 0 Å². The van der Waals surface area contributed by atoms with Gasteiger partial charge in [-0.2, -0.15) is 26.7 Å². The lowest BCUT2D eigenvalue weighted by Crippen LogP contribution is -2.26. The maximum absolute atomic E-state index is 5.40. The van der Waals surface area contributed by atoms with Crippen molar-refractivity contribution in [1.82, 2.24) is 15.0 Å². The normalized spacial score (nSPS) is 12.1. The van der Waals surface area contributed by atoms with E-state index in [1.807, 2.05) is 4.90 Å². The first-order chi connectivity index (χ1) is 9.14. The molecule has 1 unspecified atom stereocenters. The van der Waals surface area contributed by atoms with Crippen LogP contribution in [0.5, 0.6) is 0 Å². The molecule has 0 saturated carbocycles. The van der Waals surface area contributed by atoms with Crippen LogP contribution in [0.4, 0.5) is 17.8 Å². The Morgan fingerprint density at radius 2 is 1.84 bits per heavy atom. The number of nitrogens with zero attached hydrogens (tertiary/aromatic N) is 4. The lowest BCUT2D eigenvalue weighted by Gasteiger charge is -2.19. The van der Waals surface area contributed by atoms with Crippen LogP contribution in [0.3, 0.4) is 0 Å². The summed E-state index contributed by atoms with van der Waals surface area (Å²) < 4.78 is 0. The number of thioether (sulfide) groups is 1. The van der Waals surface area contributed by atoms with E-state index in [1.165, 1.54) is 0 Å². The molecule has 0 aromatic carbocycles. The number of hydrazine groups is 1. The minimum absolute atomic E-state index is 0.371. The first-order valence-electron chi connectivity index (χ1n) is 6.38. The number of nitrogen functional groups attached to an aromatic ring is 1. The molecule has 0 fully saturated rings. The van der Waals surface area contributed by atoms with Gasteiger partial charge in [-0.3, -0.25) is 5.43 Å². The molecule has 0 aliphatic rings. The van der Waals surface area contributed by atoms with Crippen LogP contribution in [0, 0.1) is 0 Å². The number of rotatable bonds is 8. The van der Waals surface area contributed by atoms with Crippen molar-refractivity contribution in [2.75, 3.05) is 41.5 Å². The van der Waals surface area contributed by atoms with Crippen molar-refractivity contribution in [2.45, 2.75) is 26.0 Å². The number of anilines is 3. The van der Waals surface area contributed by atoms with Crippen molar-refractivity contribution in [3.05, 3.63) is 0 Å². The minimum atomic E-state index is 0.371. The highest BCUT2D eigenvalue weighted by Gasteiger charge is 2.11. The van der Waals surface area contributed by atoms with Gasteiger partial charge in [-0.15, -0.1) is 0 Å². The molecular formula is C11H23N7S. The van der Waals surface area contributed by atoms with Crippen molar-refractivity contribution < 1.29 is 0 Å². The topological polar surface area (TPSA) is 92.0 Å². The van der Waals surface area contributed by atoms with E-state index in [9.17, 15) is 0 Å². The Morgan fingerprint density at radius 3 is 2.37 bits per heavy atom. The Bertz CT molecular complexity index is 383. The monoisotopic (exact) mass is 285 g/mol. The highest BCUT2D eigenvalue weighted by atomic mass is 32.2. The molecule has 1 rings (SSSR count). The first kappa shape index (κ1) is 15.8. The van der Waals surface area contributed by atoms with Crippen LogP contribution < -0.4 is 21.5 Å². The van der Waals surface area contributed by atoms with Gasteiger partial charge in [0, 0.05) is 24.9 Å². The molecule has 0 aliphatic carbocycles. The quantitative estimate of drug-likeness (QED) is 0.484. The van der Waals surface area contributed by atoms with Gasteiger partial charge in [0.05, 0.1) is 0 Å². The van der Waals surface area contributed by atoms with Gasteiger partial charge in [-0.1, -0.05) is 6.92 Å². The molecule has 8 heteroatoms. The van der Waals surface area contributed by atoms with Crippen molar-refractivity contribution in [3.63, 3.8) is 0 Å². The Morgan fingerprint density at radius 1 is 1.21 bits per heavy atom. The summed E-state index contributed by atoms with van der Waals surface area (Å²) in [5.74, 6) is 6.95. The Labute approximate surface area is 118 Å². The molecule has 1 aromatic heterocycles. The fourth-order valence-corrected chi connectivity index (χ4v) is 1.72. The van der Waals surface area contributed by atoms with Gasteiger partial charge < -0.3 is 10.2 Å². The minimum Gasteiger partial charge on any atom is -0.353 e. The van der Waals surface area contributed by atoms with Gasteiger partial charge in [0.15, 0.2) is 0 Å². The lowest BCUT2D eigenvalue weighted by atomic mass is 10.5. The summed E-state index contributed by atoms with van der Waals surface area (Å²) >= 11 is 1.79. The zero-order valence-corrected chi connectivity index (χ0v) is 12.8. The summed E-state index contributed by atoms with van der Waals surface area (Å²) in [6.45, 7) is 8.74. The zero-order chi connectivity index (χ0) is 14.3. The standard InChI is InChI=1S/C11H23N7S/c1-5-18(6-2)11-15-9(13-7-8(3)19-4)14-10(16-11)17-12/h8H,5-7,12H2,1-4H3,(H2,13,14,15,16,17). The predicted octanol–water partition coefficient (Wildman–Crippen LogP) is 1.17. The third-order valence-electron chi connectivity index (χ3n) is 2.75. The third kappa shape index (κ3) is 4.71. The molecule has 108 valence electrons. The molecular weight excluding hydrogens is 262 g/mol. The van der Waals surface area contributed by atoms with Crippen LogP contribution in [0.15, 0.2) is 0 Å². The predicted molar refractivity (Wildman–Crippen MR) is 82.7 cm³/mol. The number of nitrogens with two attached hydrogens (primary N) is 1. The summed E-state index contributed by atoms with van der Waals surface area (Å²) in [7, 11) is 0. The SMILES string of the molecule is CCN(CC)c1nc(NN)nc(NCC(C)SC)n1. The second-order valence-electron chi connectivity index (χ2n) is 4.03. The molecule has 0 aliphatic heterocycles. The fourth-order valence-electron chi connectivity index (χ4n) is 1.47. The zero-order valence-electron chi connectivity index (χ0n) is 12.0. The van der Waals surface area contributed by atoms with Crippen molar-refractivity contribution >= 4 is 29.6 Å². The van der Waals surface area contributed by atoms with E-state index in [0.29, 0.717) is 23.1 Å². The Hall–Kier alpha value is -1.28. The summed E-state index contributed by atoms with van der Waals surface area (Å²) in [6.07, 6.45) is 2.08. The molecule has 1 heterocycles. The molecule has 7 nitrogen and oxygen atoms in total. The van der Waals surface area contributed by atoms with E-state index in [4.69, 9.17) is 5.84 Å². The first-order valence-corrected chi connectivity index (χ1v) is 7.67. The molecule has 0 spiro atoms. The second-order valence-corrected chi connectivity index (χ2v) is 5.30. The highest BCUT2D eigenvalue weighted by molar-refractivity contribution is 7.99. The second kappa shape index (κ2) is 8.00. The summed E-state index contributed by atoms with van der Waals surface area (Å²) in [6, 6.07) is 0. The van der Waals surface area contributed by atoms with Crippen LogP contribution in [-0.4, -0.2) is 46.1 Å². The highest BCUT2D eigenvalue weighted by Crippen LogP contribution is 2.13. The van der Waals surface area contributed by atoms with Crippen LogP contribution >= 0.6 is 11.8 Å². The largest absolute Gasteiger partial charge is 0.353 e. The van der Waals surface area contributed by atoms with Crippen LogP contribution in [0.1, 0.15) is 20.8 Å². The van der Waals surface area contributed by atoms with E-state index in [0.717, 1.165) is 19.6 Å². The van der Waals surface area contributed by atoms with Crippen LogP contribution in [0.2, 0.25) is 0 Å². The van der Waals surface area contributed by atoms with Crippen LogP contribution in [-0.2, 0) is 0 Å². The average molecular weight is 285 g/mol. The number of hydrogen-bond donors (Lipinski definition) is 3. The molecule has 1 atom stereocenters. The molecule has 0 amide bonds. The summed E-state index contributed by atoms with van der Waals surface area (Å²) in [4.78, 5) is 14.9. The van der Waals surface area contributed by atoms with Gasteiger partial charge in [-0.25, -0.2) is 5.84 Å². The molecule has 0 radical (unpaired) electrons. The third-order valence-corrected chi connectivity index (χ3v) is 3.72. The van der Waals surface area contributed by atoms with Gasteiger partial charge in [0.25, 0.3) is 0 Å². The van der Waals surface area contributed by atoms with Gasteiger partial charge in [0.2, 0.25) is 17.8 Å². The number of hydrogen-bond acceptors (Lipinski definition) is 8. The average Bonchev–Trinajstić information content (AvgIpc) is 2.45. The van der Waals surface area contributed by atoms with Gasteiger partial charge >= 0.3 is 0 Å². The molecule has 4 N–H and O–H groups in total. The van der Waals surface area contributed by atoms with E-state index in [1.54, 1.807) is 11.8 Å².